The molecule has 0 aromatic heterocycles. The van der Waals surface area contributed by atoms with E-state index >= 15 is 0 Å². The summed E-state index contributed by atoms with van der Waals surface area (Å²) in [4.78, 5) is 23.0. The maximum atomic E-state index is 11.6. The number of esters is 1. The first-order chi connectivity index (χ1) is 9.40. The third-order valence-electron chi connectivity index (χ3n) is 2.64. The van der Waals surface area contributed by atoms with Crippen LogP contribution in [0.5, 0.6) is 5.75 Å². The fourth-order valence-electron chi connectivity index (χ4n) is 1.31. The van der Waals surface area contributed by atoms with Crippen LogP contribution in [0.15, 0.2) is 24.3 Å². The predicted octanol–water partition coefficient (Wildman–Crippen LogP) is 4.04. The first kappa shape index (κ1) is 18.4. The summed E-state index contributed by atoms with van der Waals surface area (Å²) < 4.78 is 5.16. The fraction of sp³-hybridized carbons (Fsp3) is 0.529. The molecule has 1 aromatic carbocycles. The molecule has 0 aliphatic carbocycles. The lowest BCUT2D eigenvalue weighted by Gasteiger charge is -2.08. The molecule has 0 atom stereocenters. The van der Waals surface area contributed by atoms with Crippen molar-refractivity contribution in [2.75, 3.05) is 0 Å². The van der Waals surface area contributed by atoms with Crippen LogP contribution in [0, 0.1) is 11.8 Å². The van der Waals surface area contributed by atoms with Gasteiger partial charge >= 0.3 is 5.97 Å². The minimum atomic E-state index is -0.249. The summed E-state index contributed by atoms with van der Waals surface area (Å²) >= 11 is 0. The zero-order chi connectivity index (χ0) is 15.7. The molecule has 1 aromatic rings. The van der Waals surface area contributed by atoms with Gasteiger partial charge in [-0.1, -0.05) is 53.7 Å². The Kier molecular flexibility index (Phi) is 8.53. The van der Waals surface area contributed by atoms with Gasteiger partial charge in [0.25, 0.3) is 0 Å². The molecule has 0 aliphatic heterocycles. The molecule has 1 rings (SSSR count). The molecule has 0 amide bonds. The van der Waals surface area contributed by atoms with E-state index < -0.39 is 0 Å². The van der Waals surface area contributed by atoms with Gasteiger partial charge in [0.15, 0.2) is 0 Å². The molecule has 0 saturated carbocycles. The van der Waals surface area contributed by atoms with Crippen molar-refractivity contribution in [2.45, 2.75) is 48.0 Å². The van der Waals surface area contributed by atoms with Gasteiger partial charge in [0.2, 0.25) is 0 Å². The van der Waals surface area contributed by atoms with Gasteiger partial charge < -0.3 is 4.74 Å². The minimum absolute atomic E-state index is 0.0449. The van der Waals surface area contributed by atoms with Crippen molar-refractivity contribution >= 4 is 11.8 Å². The monoisotopic (exact) mass is 278 g/mol. The summed E-state index contributed by atoms with van der Waals surface area (Å²) in [6, 6.07) is 7.10. The highest BCUT2D eigenvalue weighted by atomic mass is 16.5. The summed E-state index contributed by atoms with van der Waals surface area (Å²) in [5, 5.41) is 0. The summed E-state index contributed by atoms with van der Waals surface area (Å²) in [5.41, 5.74) is 0.943. The van der Waals surface area contributed by atoms with Gasteiger partial charge in [0.1, 0.15) is 11.5 Å². The van der Waals surface area contributed by atoms with E-state index in [2.05, 4.69) is 0 Å². The van der Waals surface area contributed by atoms with E-state index in [1.165, 1.54) is 0 Å². The third kappa shape index (κ3) is 6.50. The molecule has 3 heteroatoms. The Balaban J connectivity index is 0.00000172. The maximum Gasteiger partial charge on any atom is 0.313 e. The van der Waals surface area contributed by atoms with Gasteiger partial charge in [0.05, 0.1) is 5.92 Å². The molecule has 0 spiro atoms. The maximum absolute atomic E-state index is 11.6. The molecule has 20 heavy (non-hydrogen) atoms. The summed E-state index contributed by atoms with van der Waals surface area (Å²) in [6.45, 7) is 11.4. The Hall–Kier alpha value is -1.64. The molecule has 3 nitrogen and oxygen atoms in total. The number of carbonyl (C=O) groups excluding carboxylic acids is 2. The van der Waals surface area contributed by atoms with Gasteiger partial charge in [-0.3, -0.25) is 9.59 Å². The lowest BCUT2D eigenvalue weighted by Crippen LogP contribution is -2.14. The Morgan fingerprint density at radius 2 is 1.45 bits per heavy atom. The number of ether oxygens (including phenoxy) is 1. The summed E-state index contributed by atoms with van der Waals surface area (Å²) in [7, 11) is 0. The van der Waals surface area contributed by atoms with Crippen molar-refractivity contribution in [2.24, 2.45) is 11.8 Å². The number of Topliss-reactive ketones (excluding diaryl/α,β-unsaturated/α-hetero) is 1. The van der Waals surface area contributed by atoms with Crippen molar-refractivity contribution in [1.82, 2.24) is 0 Å². The number of benzene rings is 1. The fourth-order valence-corrected chi connectivity index (χ4v) is 1.31. The van der Waals surface area contributed by atoms with Crippen LogP contribution in [-0.2, 0) is 16.0 Å². The normalized spacial score (nSPS) is 10.0. The second-order valence-electron chi connectivity index (χ2n) is 5.02. The largest absolute Gasteiger partial charge is 0.426 e. The van der Waals surface area contributed by atoms with Crippen LogP contribution in [0.25, 0.3) is 0 Å². The van der Waals surface area contributed by atoms with Gasteiger partial charge in [-0.05, 0) is 17.7 Å². The highest BCUT2D eigenvalue weighted by Gasteiger charge is 2.11. The molecule has 112 valence electrons. The Morgan fingerprint density at radius 1 is 0.950 bits per heavy atom. The number of carbonyl (C=O) groups is 2. The van der Waals surface area contributed by atoms with Crippen LogP contribution in [-0.4, -0.2) is 11.8 Å². The standard InChI is InChI=1S/C15H20O3.C2H6/c1-10(2)14(16)9-12-5-7-13(8-6-12)18-15(17)11(3)4;1-2/h5-8,10-11H,9H2,1-4H3;1-2H3. The number of rotatable bonds is 5. The summed E-state index contributed by atoms with van der Waals surface area (Å²) in [5.74, 6) is 0.382. The first-order valence-electron chi connectivity index (χ1n) is 7.23. The molecule has 0 radical (unpaired) electrons. The number of ketones is 1. The Labute approximate surface area is 122 Å². The van der Waals surface area contributed by atoms with Crippen LogP contribution in [0.3, 0.4) is 0 Å². The average molecular weight is 278 g/mol. The topological polar surface area (TPSA) is 43.4 Å². The molecule has 0 saturated heterocycles. The quantitative estimate of drug-likeness (QED) is 0.603. The van der Waals surface area contributed by atoms with Crippen molar-refractivity contribution < 1.29 is 14.3 Å². The van der Waals surface area contributed by atoms with Crippen molar-refractivity contribution in [3.8, 4) is 5.75 Å². The lowest BCUT2D eigenvalue weighted by molar-refractivity contribution is -0.137. The third-order valence-corrected chi connectivity index (χ3v) is 2.64. The van der Waals surface area contributed by atoms with E-state index in [4.69, 9.17) is 4.74 Å². The van der Waals surface area contributed by atoms with E-state index in [1.807, 2.05) is 39.8 Å². The van der Waals surface area contributed by atoms with E-state index in [-0.39, 0.29) is 23.6 Å². The van der Waals surface area contributed by atoms with Gasteiger partial charge in [-0.2, -0.15) is 0 Å². The molecule has 0 unspecified atom stereocenters. The van der Waals surface area contributed by atoms with Gasteiger partial charge in [0, 0.05) is 12.3 Å². The molecule has 0 bridgehead atoms. The van der Waals surface area contributed by atoms with Crippen LogP contribution >= 0.6 is 0 Å². The minimum Gasteiger partial charge on any atom is -0.426 e. The SMILES string of the molecule is CC.CC(C)C(=O)Cc1ccc(OC(=O)C(C)C)cc1. The lowest BCUT2D eigenvalue weighted by atomic mass is 10.0. The molecule has 0 aliphatic rings. The zero-order valence-electron chi connectivity index (χ0n) is 13.4. The molecular weight excluding hydrogens is 252 g/mol. The highest BCUT2D eigenvalue weighted by Crippen LogP contribution is 2.15. The molecule has 0 heterocycles. The zero-order valence-corrected chi connectivity index (χ0v) is 13.4. The van der Waals surface area contributed by atoms with Crippen LogP contribution in [0.1, 0.15) is 47.1 Å². The van der Waals surface area contributed by atoms with Gasteiger partial charge in [-0.15, -0.1) is 0 Å². The molecule has 0 N–H and O–H groups in total. The van der Waals surface area contributed by atoms with E-state index in [9.17, 15) is 9.59 Å². The van der Waals surface area contributed by atoms with Crippen molar-refractivity contribution in [3.05, 3.63) is 29.8 Å². The van der Waals surface area contributed by atoms with Crippen molar-refractivity contribution in [3.63, 3.8) is 0 Å². The Bertz CT molecular complexity index is 375. The number of hydrogen-bond acceptors (Lipinski definition) is 3. The van der Waals surface area contributed by atoms with Crippen molar-refractivity contribution in [1.29, 1.82) is 0 Å². The first-order valence-corrected chi connectivity index (χ1v) is 7.23. The van der Waals surface area contributed by atoms with E-state index in [0.29, 0.717) is 12.2 Å². The molecule has 0 fully saturated rings. The second-order valence-corrected chi connectivity index (χ2v) is 5.02. The van der Waals surface area contributed by atoms with Crippen LogP contribution < -0.4 is 4.74 Å². The van der Waals surface area contributed by atoms with Crippen LogP contribution in [0.2, 0.25) is 0 Å². The van der Waals surface area contributed by atoms with Gasteiger partial charge in [-0.25, -0.2) is 0 Å². The number of hydrogen-bond donors (Lipinski definition) is 0. The smallest absolute Gasteiger partial charge is 0.313 e. The van der Waals surface area contributed by atoms with E-state index in [1.54, 1.807) is 26.0 Å². The predicted molar refractivity (Wildman–Crippen MR) is 81.8 cm³/mol. The highest BCUT2D eigenvalue weighted by molar-refractivity contribution is 5.82. The van der Waals surface area contributed by atoms with E-state index in [0.717, 1.165) is 5.56 Å². The second kappa shape index (κ2) is 9.29. The van der Waals surface area contributed by atoms with Crippen LogP contribution in [0.4, 0.5) is 0 Å². The average Bonchev–Trinajstić information content (AvgIpc) is 2.42. The molecular formula is C17H26O3. The Morgan fingerprint density at radius 3 is 1.85 bits per heavy atom. The summed E-state index contributed by atoms with van der Waals surface area (Å²) in [6.07, 6.45) is 0.427.